The van der Waals surface area contributed by atoms with Gasteiger partial charge >= 0.3 is 0 Å². The highest BCUT2D eigenvalue weighted by atomic mass is 16.2. The Labute approximate surface area is 143 Å². The number of rotatable bonds is 5. The number of carbonyl (C=O) groups excluding carboxylic acids is 1. The maximum atomic E-state index is 12.1. The summed E-state index contributed by atoms with van der Waals surface area (Å²) in [5.74, 6) is 0.918. The third kappa shape index (κ3) is 3.31. The summed E-state index contributed by atoms with van der Waals surface area (Å²) in [6, 6.07) is 8.86. The Morgan fingerprint density at radius 2 is 2.04 bits per heavy atom. The molecule has 1 aromatic carbocycles. The van der Waals surface area contributed by atoms with Crippen LogP contribution in [0.5, 0.6) is 0 Å². The average Bonchev–Trinajstić information content (AvgIpc) is 3.35. The van der Waals surface area contributed by atoms with E-state index in [2.05, 4.69) is 39.4 Å². The summed E-state index contributed by atoms with van der Waals surface area (Å²) in [6.45, 7) is 3.37. The van der Waals surface area contributed by atoms with Crippen molar-refractivity contribution in [1.82, 2.24) is 20.0 Å². The number of benzene rings is 1. The average molecular weight is 326 g/mol. The zero-order valence-corrected chi connectivity index (χ0v) is 14.2. The molecule has 24 heavy (non-hydrogen) atoms. The maximum absolute atomic E-state index is 12.1. The van der Waals surface area contributed by atoms with Crippen molar-refractivity contribution < 1.29 is 4.79 Å². The Morgan fingerprint density at radius 1 is 1.21 bits per heavy atom. The quantitative estimate of drug-likeness (QED) is 0.918. The Bertz CT molecular complexity index is 704. The van der Waals surface area contributed by atoms with Crippen molar-refractivity contribution >= 4 is 16.8 Å². The number of para-hydroxylation sites is 1. The van der Waals surface area contributed by atoms with Gasteiger partial charge in [-0.2, -0.15) is 5.10 Å². The van der Waals surface area contributed by atoms with Crippen molar-refractivity contribution in [3.8, 4) is 0 Å². The molecule has 2 aliphatic rings. The minimum atomic E-state index is 0.272. The van der Waals surface area contributed by atoms with Crippen molar-refractivity contribution in [3.05, 3.63) is 30.5 Å². The van der Waals surface area contributed by atoms with Crippen molar-refractivity contribution in [2.24, 2.45) is 5.92 Å². The molecule has 2 atom stereocenters. The van der Waals surface area contributed by atoms with Crippen molar-refractivity contribution in [2.75, 3.05) is 19.6 Å². The lowest BCUT2D eigenvalue weighted by molar-refractivity contribution is -0.129. The summed E-state index contributed by atoms with van der Waals surface area (Å²) in [5, 5.41) is 9.24. The number of aromatic nitrogens is 2. The van der Waals surface area contributed by atoms with Gasteiger partial charge < -0.3 is 10.2 Å². The SMILES string of the molecule is O=C(CN[C@H]1CC[C@H](Cn2ncc3ccccc32)C1)N1CCCC1. The van der Waals surface area contributed by atoms with Crippen LogP contribution in [-0.2, 0) is 11.3 Å². The normalized spacial score (nSPS) is 24.1. The lowest BCUT2D eigenvalue weighted by Crippen LogP contribution is -2.39. The van der Waals surface area contributed by atoms with E-state index in [1.807, 2.05) is 11.1 Å². The Kier molecular flexibility index (Phi) is 4.52. The number of nitrogens with one attached hydrogen (secondary N) is 1. The van der Waals surface area contributed by atoms with E-state index in [9.17, 15) is 4.79 Å². The molecular formula is C19H26N4O. The standard InChI is InChI=1S/C19H26N4O/c24-19(22-9-3-4-10-22)13-20-17-8-7-15(11-17)14-23-18-6-2-1-5-16(18)12-21-23/h1-2,5-6,12,15,17,20H,3-4,7-11,13-14H2/t15-,17-/m0/s1. The highest BCUT2D eigenvalue weighted by Crippen LogP contribution is 2.28. The summed E-state index contributed by atoms with van der Waals surface area (Å²) in [5.41, 5.74) is 1.22. The summed E-state index contributed by atoms with van der Waals surface area (Å²) in [4.78, 5) is 14.1. The topological polar surface area (TPSA) is 50.2 Å². The fourth-order valence-corrected chi connectivity index (χ4v) is 4.15. The number of fused-ring (bicyclic) bond motifs is 1. The van der Waals surface area contributed by atoms with E-state index in [-0.39, 0.29) is 5.91 Å². The lowest BCUT2D eigenvalue weighted by Gasteiger charge is -2.18. The number of nitrogens with zero attached hydrogens (tertiary/aromatic N) is 3. The third-order valence-electron chi connectivity index (χ3n) is 5.52. The molecule has 2 aromatic rings. The van der Waals surface area contributed by atoms with Crippen LogP contribution >= 0.6 is 0 Å². The summed E-state index contributed by atoms with van der Waals surface area (Å²) >= 11 is 0. The van der Waals surface area contributed by atoms with Crippen molar-refractivity contribution in [3.63, 3.8) is 0 Å². The van der Waals surface area contributed by atoms with Crippen LogP contribution in [0, 0.1) is 5.92 Å². The molecule has 5 nitrogen and oxygen atoms in total. The molecule has 0 spiro atoms. The van der Waals surface area contributed by atoms with E-state index in [0.717, 1.165) is 45.3 Å². The van der Waals surface area contributed by atoms with Crippen LogP contribution < -0.4 is 5.32 Å². The highest BCUT2D eigenvalue weighted by Gasteiger charge is 2.26. The van der Waals surface area contributed by atoms with Crippen LogP contribution in [0.25, 0.3) is 10.9 Å². The van der Waals surface area contributed by atoms with E-state index in [1.165, 1.54) is 17.3 Å². The zero-order chi connectivity index (χ0) is 16.4. The molecule has 0 unspecified atom stereocenters. The van der Waals surface area contributed by atoms with Gasteiger partial charge in [-0.25, -0.2) is 0 Å². The molecule has 2 heterocycles. The zero-order valence-electron chi connectivity index (χ0n) is 14.2. The van der Waals surface area contributed by atoms with Crippen LogP contribution in [0.4, 0.5) is 0 Å². The molecule has 1 aromatic heterocycles. The van der Waals surface area contributed by atoms with Gasteiger partial charge in [-0.1, -0.05) is 18.2 Å². The number of hydrogen-bond donors (Lipinski definition) is 1. The van der Waals surface area contributed by atoms with Crippen molar-refractivity contribution in [2.45, 2.75) is 44.7 Å². The molecule has 1 aliphatic heterocycles. The van der Waals surface area contributed by atoms with Crippen LogP contribution in [0.1, 0.15) is 32.1 Å². The fourth-order valence-electron chi connectivity index (χ4n) is 4.15. The summed E-state index contributed by atoms with van der Waals surface area (Å²) < 4.78 is 2.14. The van der Waals surface area contributed by atoms with Crippen LogP contribution in [-0.4, -0.2) is 46.3 Å². The minimum Gasteiger partial charge on any atom is -0.342 e. The van der Waals surface area contributed by atoms with Gasteiger partial charge in [-0.05, 0) is 44.1 Å². The molecule has 0 bridgehead atoms. The lowest BCUT2D eigenvalue weighted by atomic mass is 10.1. The highest BCUT2D eigenvalue weighted by molar-refractivity contribution is 5.78. The van der Waals surface area contributed by atoms with E-state index < -0.39 is 0 Å². The summed E-state index contributed by atoms with van der Waals surface area (Å²) in [6.07, 6.45) is 7.79. The van der Waals surface area contributed by atoms with Gasteiger partial charge in [0.1, 0.15) is 0 Å². The number of carbonyl (C=O) groups is 1. The molecule has 128 valence electrons. The molecule has 0 radical (unpaired) electrons. The van der Waals surface area contributed by atoms with Gasteiger partial charge in [-0.3, -0.25) is 9.48 Å². The Morgan fingerprint density at radius 3 is 2.92 bits per heavy atom. The first-order chi connectivity index (χ1) is 11.8. The second kappa shape index (κ2) is 6.93. The number of amides is 1. The van der Waals surface area contributed by atoms with Gasteiger partial charge in [0.25, 0.3) is 0 Å². The molecule has 1 saturated carbocycles. The predicted octanol–water partition coefficient (Wildman–Crippen LogP) is 2.42. The van der Waals surface area contributed by atoms with E-state index in [0.29, 0.717) is 18.5 Å². The van der Waals surface area contributed by atoms with Crippen molar-refractivity contribution in [1.29, 1.82) is 0 Å². The third-order valence-corrected chi connectivity index (χ3v) is 5.52. The molecule has 2 fully saturated rings. The smallest absolute Gasteiger partial charge is 0.236 e. The first-order valence-electron chi connectivity index (χ1n) is 9.21. The molecule has 4 rings (SSSR count). The largest absolute Gasteiger partial charge is 0.342 e. The molecule has 1 N–H and O–H groups in total. The predicted molar refractivity (Wildman–Crippen MR) is 94.7 cm³/mol. The maximum Gasteiger partial charge on any atom is 0.236 e. The van der Waals surface area contributed by atoms with Crippen LogP contribution in [0.2, 0.25) is 0 Å². The van der Waals surface area contributed by atoms with Gasteiger partial charge in [0.05, 0.1) is 18.3 Å². The number of likely N-dealkylation sites (tertiary alicyclic amines) is 1. The minimum absolute atomic E-state index is 0.272. The first-order valence-corrected chi connectivity index (χ1v) is 9.21. The second-order valence-electron chi connectivity index (χ2n) is 7.23. The Balaban J connectivity index is 1.28. The first kappa shape index (κ1) is 15.6. The van der Waals surface area contributed by atoms with Gasteiger partial charge in [0.15, 0.2) is 0 Å². The van der Waals surface area contributed by atoms with Gasteiger partial charge in [0.2, 0.25) is 5.91 Å². The number of hydrogen-bond acceptors (Lipinski definition) is 3. The van der Waals surface area contributed by atoms with E-state index in [1.54, 1.807) is 0 Å². The fraction of sp³-hybridized carbons (Fsp3) is 0.579. The van der Waals surface area contributed by atoms with E-state index >= 15 is 0 Å². The molecular weight excluding hydrogens is 300 g/mol. The molecule has 5 heteroatoms. The van der Waals surface area contributed by atoms with Crippen LogP contribution in [0.3, 0.4) is 0 Å². The van der Waals surface area contributed by atoms with Crippen LogP contribution in [0.15, 0.2) is 30.5 Å². The van der Waals surface area contributed by atoms with Gasteiger partial charge in [0, 0.05) is 31.1 Å². The van der Waals surface area contributed by atoms with Gasteiger partial charge in [-0.15, -0.1) is 0 Å². The second-order valence-corrected chi connectivity index (χ2v) is 7.23. The monoisotopic (exact) mass is 326 g/mol. The molecule has 1 saturated heterocycles. The Hall–Kier alpha value is -1.88. The molecule has 1 amide bonds. The van der Waals surface area contributed by atoms with E-state index in [4.69, 9.17) is 0 Å². The summed E-state index contributed by atoms with van der Waals surface area (Å²) in [7, 11) is 0. The molecule has 1 aliphatic carbocycles.